The van der Waals surface area contributed by atoms with Crippen LogP contribution in [0.25, 0.3) is 0 Å². The minimum atomic E-state index is 0.448. The van der Waals surface area contributed by atoms with Crippen molar-refractivity contribution >= 4 is 15.9 Å². The summed E-state index contributed by atoms with van der Waals surface area (Å²) in [5, 5.41) is 4.39. The van der Waals surface area contributed by atoms with Crippen LogP contribution in [0, 0.1) is 0 Å². The van der Waals surface area contributed by atoms with Crippen LogP contribution in [0.3, 0.4) is 0 Å². The van der Waals surface area contributed by atoms with Crippen LogP contribution in [-0.2, 0) is 6.54 Å². The molecule has 92 valence electrons. The number of aromatic nitrogens is 2. The molecule has 1 unspecified atom stereocenters. The zero-order valence-electron chi connectivity index (χ0n) is 10.3. The fourth-order valence-electron chi connectivity index (χ4n) is 1.72. The molecule has 1 aromatic heterocycles. The van der Waals surface area contributed by atoms with Gasteiger partial charge < -0.3 is 10.6 Å². The highest BCUT2D eigenvalue weighted by molar-refractivity contribution is 9.10. The summed E-state index contributed by atoms with van der Waals surface area (Å²) in [4.78, 5) is 2.16. The van der Waals surface area contributed by atoms with E-state index in [-0.39, 0.29) is 0 Å². The highest BCUT2D eigenvalue weighted by Crippen LogP contribution is 2.26. The van der Waals surface area contributed by atoms with Crippen molar-refractivity contribution in [3.63, 3.8) is 0 Å². The molecule has 0 aliphatic heterocycles. The Morgan fingerprint density at radius 1 is 1.56 bits per heavy atom. The summed E-state index contributed by atoms with van der Waals surface area (Å²) >= 11 is 3.56. The Hall–Kier alpha value is -0.390. The van der Waals surface area contributed by atoms with Crippen molar-refractivity contribution in [2.45, 2.75) is 25.8 Å². The fraction of sp³-hybridized carbons (Fsp3) is 0.727. The van der Waals surface area contributed by atoms with Crippen LogP contribution in [0.5, 0.6) is 0 Å². The molecule has 0 aliphatic carbocycles. The first kappa shape index (κ1) is 13.7. The molecule has 1 rings (SSSR count). The SMILES string of the molecule is CC(CCN)c1c(Br)cnn1CCN(C)C. The maximum Gasteiger partial charge on any atom is 0.0635 e. The third-order valence-corrected chi connectivity index (χ3v) is 3.27. The van der Waals surface area contributed by atoms with Crippen molar-refractivity contribution in [1.82, 2.24) is 14.7 Å². The molecule has 5 heteroatoms. The first-order chi connectivity index (χ1) is 7.56. The van der Waals surface area contributed by atoms with E-state index < -0.39 is 0 Å². The van der Waals surface area contributed by atoms with Gasteiger partial charge in [0.05, 0.1) is 22.9 Å². The smallest absolute Gasteiger partial charge is 0.0635 e. The first-order valence-corrected chi connectivity index (χ1v) is 6.41. The number of likely N-dealkylation sites (N-methyl/N-ethyl adjacent to an activating group) is 1. The largest absolute Gasteiger partial charge is 0.330 e. The highest BCUT2D eigenvalue weighted by Gasteiger charge is 2.15. The summed E-state index contributed by atoms with van der Waals surface area (Å²) in [6, 6.07) is 0. The Labute approximate surface area is 106 Å². The predicted molar refractivity (Wildman–Crippen MR) is 70.6 cm³/mol. The van der Waals surface area contributed by atoms with Crippen molar-refractivity contribution < 1.29 is 0 Å². The van der Waals surface area contributed by atoms with E-state index in [4.69, 9.17) is 5.73 Å². The molecule has 1 heterocycles. The summed E-state index contributed by atoms with van der Waals surface area (Å²) in [5.74, 6) is 0.448. The number of nitrogens with two attached hydrogens (primary N) is 1. The van der Waals surface area contributed by atoms with Crippen LogP contribution >= 0.6 is 15.9 Å². The Morgan fingerprint density at radius 2 is 2.25 bits per heavy atom. The molecule has 1 aromatic rings. The minimum Gasteiger partial charge on any atom is -0.330 e. The van der Waals surface area contributed by atoms with Gasteiger partial charge in [-0.15, -0.1) is 0 Å². The lowest BCUT2D eigenvalue weighted by atomic mass is 10.0. The molecule has 1 atom stereocenters. The van der Waals surface area contributed by atoms with Crippen LogP contribution < -0.4 is 5.73 Å². The van der Waals surface area contributed by atoms with Gasteiger partial charge in [-0.25, -0.2) is 0 Å². The minimum absolute atomic E-state index is 0.448. The zero-order valence-corrected chi connectivity index (χ0v) is 11.9. The molecular formula is C11H21BrN4. The molecule has 0 saturated heterocycles. The van der Waals surface area contributed by atoms with Crippen LogP contribution in [0.1, 0.15) is 25.0 Å². The maximum atomic E-state index is 5.60. The van der Waals surface area contributed by atoms with E-state index >= 15 is 0 Å². The molecule has 0 spiro atoms. The molecule has 0 amide bonds. The number of hydrogen-bond acceptors (Lipinski definition) is 3. The van der Waals surface area contributed by atoms with Crippen molar-refractivity contribution in [3.8, 4) is 0 Å². The topological polar surface area (TPSA) is 47.1 Å². The quantitative estimate of drug-likeness (QED) is 0.866. The lowest BCUT2D eigenvalue weighted by Crippen LogP contribution is -2.21. The molecule has 0 fully saturated rings. The summed E-state index contributed by atoms with van der Waals surface area (Å²) in [6.45, 7) is 4.83. The Kier molecular flexibility index (Phi) is 5.44. The Bertz CT molecular complexity index is 322. The van der Waals surface area contributed by atoms with E-state index in [2.05, 4.69) is 51.6 Å². The summed E-state index contributed by atoms with van der Waals surface area (Å²) in [7, 11) is 4.14. The summed E-state index contributed by atoms with van der Waals surface area (Å²) in [5.41, 5.74) is 6.86. The number of halogens is 1. The Balaban J connectivity index is 2.76. The molecule has 4 nitrogen and oxygen atoms in total. The van der Waals surface area contributed by atoms with E-state index in [9.17, 15) is 0 Å². The number of hydrogen-bond donors (Lipinski definition) is 1. The second kappa shape index (κ2) is 6.37. The van der Waals surface area contributed by atoms with Crippen LogP contribution in [0.2, 0.25) is 0 Å². The van der Waals surface area contributed by atoms with Crippen molar-refractivity contribution in [2.75, 3.05) is 27.2 Å². The van der Waals surface area contributed by atoms with Gasteiger partial charge in [-0.05, 0) is 43.0 Å². The molecule has 0 aromatic carbocycles. The molecule has 0 radical (unpaired) electrons. The van der Waals surface area contributed by atoms with Crippen LogP contribution in [0.4, 0.5) is 0 Å². The van der Waals surface area contributed by atoms with E-state index in [1.165, 1.54) is 5.69 Å². The van der Waals surface area contributed by atoms with Gasteiger partial charge >= 0.3 is 0 Å². The summed E-state index contributed by atoms with van der Waals surface area (Å²) < 4.78 is 3.16. The van der Waals surface area contributed by atoms with E-state index in [1.807, 2.05) is 6.20 Å². The maximum absolute atomic E-state index is 5.60. The molecule has 0 saturated carbocycles. The van der Waals surface area contributed by atoms with Crippen molar-refractivity contribution in [2.24, 2.45) is 5.73 Å². The van der Waals surface area contributed by atoms with Gasteiger partial charge in [0.25, 0.3) is 0 Å². The number of rotatable bonds is 6. The van der Waals surface area contributed by atoms with Gasteiger partial charge in [-0.3, -0.25) is 4.68 Å². The average molecular weight is 289 g/mol. The molecular weight excluding hydrogens is 268 g/mol. The standard InChI is InChI=1S/C11H21BrN4/c1-9(4-5-13)11-10(12)8-14-16(11)7-6-15(2)3/h8-9H,4-7,13H2,1-3H3. The van der Waals surface area contributed by atoms with Gasteiger partial charge in [0, 0.05) is 12.5 Å². The van der Waals surface area contributed by atoms with E-state index in [0.29, 0.717) is 12.5 Å². The molecule has 0 aliphatic rings. The van der Waals surface area contributed by atoms with E-state index in [0.717, 1.165) is 24.0 Å². The molecule has 16 heavy (non-hydrogen) atoms. The first-order valence-electron chi connectivity index (χ1n) is 5.62. The lowest BCUT2D eigenvalue weighted by Gasteiger charge is -2.16. The lowest BCUT2D eigenvalue weighted by molar-refractivity contribution is 0.366. The fourth-order valence-corrected chi connectivity index (χ4v) is 2.41. The second-order valence-corrected chi connectivity index (χ2v) is 5.24. The van der Waals surface area contributed by atoms with Gasteiger partial charge in [0.2, 0.25) is 0 Å². The third-order valence-electron chi connectivity index (χ3n) is 2.66. The van der Waals surface area contributed by atoms with Gasteiger partial charge in [0.1, 0.15) is 0 Å². The van der Waals surface area contributed by atoms with Crippen LogP contribution in [0.15, 0.2) is 10.7 Å². The third kappa shape index (κ3) is 3.57. The predicted octanol–water partition coefficient (Wildman–Crippen LogP) is 1.66. The van der Waals surface area contributed by atoms with Crippen molar-refractivity contribution in [3.05, 3.63) is 16.4 Å². The van der Waals surface area contributed by atoms with Gasteiger partial charge in [-0.1, -0.05) is 6.92 Å². The van der Waals surface area contributed by atoms with Gasteiger partial charge in [-0.2, -0.15) is 5.10 Å². The summed E-state index contributed by atoms with van der Waals surface area (Å²) in [6.07, 6.45) is 2.87. The van der Waals surface area contributed by atoms with Crippen LogP contribution in [-0.4, -0.2) is 41.9 Å². The normalized spacial score (nSPS) is 13.4. The highest BCUT2D eigenvalue weighted by atomic mass is 79.9. The van der Waals surface area contributed by atoms with Crippen molar-refractivity contribution in [1.29, 1.82) is 0 Å². The second-order valence-electron chi connectivity index (χ2n) is 4.38. The number of nitrogens with zero attached hydrogens (tertiary/aromatic N) is 3. The average Bonchev–Trinajstić information content (AvgIpc) is 2.57. The van der Waals surface area contributed by atoms with Gasteiger partial charge in [0.15, 0.2) is 0 Å². The molecule has 0 bridgehead atoms. The van der Waals surface area contributed by atoms with E-state index in [1.54, 1.807) is 0 Å². The Morgan fingerprint density at radius 3 is 2.81 bits per heavy atom. The molecule has 2 N–H and O–H groups in total. The zero-order chi connectivity index (χ0) is 12.1. The monoisotopic (exact) mass is 288 g/mol.